The fraction of sp³-hybridized carbons (Fsp3) is 0.0769. The number of hydrogen-bond donors (Lipinski definition) is 1. The van der Waals surface area contributed by atoms with Crippen LogP contribution in [0.5, 0.6) is 0 Å². The van der Waals surface area contributed by atoms with Crippen LogP contribution in [0.15, 0.2) is 30.3 Å². The van der Waals surface area contributed by atoms with Crippen molar-refractivity contribution in [1.29, 1.82) is 0 Å². The zero-order chi connectivity index (χ0) is 18.9. The second-order valence-electron chi connectivity index (χ2n) is 4.65. The van der Waals surface area contributed by atoms with Crippen molar-refractivity contribution >= 4 is 22.7 Å². The normalized spacial score (nSPS) is 11.2. The number of nitro groups is 2. The molecule has 0 bridgehead atoms. The quantitative estimate of drug-likeness (QED) is 0.488. The summed E-state index contributed by atoms with van der Waals surface area (Å²) in [5.41, 5.74) is -6.30. The van der Waals surface area contributed by atoms with E-state index >= 15 is 0 Å². The van der Waals surface area contributed by atoms with Gasteiger partial charge in [0.25, 0.3) is 11.4 Å². The molecule has 2 rings (SSSR count). The van der Waals surface area contributed by atoms with E-state index in [-0.39, 0.29) is 12.1 Å². The number of hydrogen-bond acceptors (Lipinski definition) is 5. The summed E-state index contributed by atoms with van der Waals surface area (Å²) in [6.45, 7) is 0. The molecule has 0 saturated heterocycles. The van der Waals surface area contributed by atoms with Gasteiger partial charge in [-0.25, -0.2) is 8.78 Å². The largest absolute Gasteiger partial charge is 0.418 e. The SMILES string of the molecule is O=[N+]([O-])c1cc([N+](=O)[O-])c(Nc2cc(F)ccc2F)c(C(F)(F)F)c1. The van der Waals surface area contributed by atoms with Gasteiger partial charge in [0.05, 0.1) is 27.2 Å². The summed E-state index contributed by atoms with van der Waals surface area (Å²) in [6, 6.07) is 2.12. The summed E-state index contributed by atoms with van der Waals surface area (Å²) in [6.07, 6.45) is -5.23. The highest BCUT2D eigenvalue weighted by Crippen LogP contribution is 2.43. The maximum absolute atomic E-state index is 13.6. The van der Waals surface area contributed by atoms with E-state index in [0.717, 1.165) is 0 Å². The van der Waals surface area contributed by atoms with E-state index in [1.165, 1.54) is 0 Å². The lowest BCUT2D eigenvalue weighted by molar-refractivity contribution is -0.394. The lowest BCUT2D eigenvalue weighted by Gasteiger charge is -2.15. The van der Waals surface area contributed by atoms with Crippen molar-refractivity contribution in [2.45, 2.75) is 6.18 Å². The van der Waals surface area contributed by atoms with Crippen LogP contribution >= 0.6 is 0 Å². The van der Waals surface area contributed by atoms with E-state index in [1.807, 2.05) is 0 Å². The molecule has 0 spiro atoms. The number of nitro benzene ring substituents is 2. The van der Waals surface area contributed by atoms with Crippen molar-refractivity contribution in [2.75, 3.05) is 5.32 Å². The molecule has 0 radical (unpaired) electrons. The smallest absolute Gasteiger partial charge is 0.347 e. The van der Waals surface area contributed by atoms with Crippen molar-refractivity contribution in [3.05, 3.63) is 67.8 Å². The predicted molar refractivity (Wildman–Crippen MR) is 74.4 cm³/mol. The molecular weight excluding hydrogens is 357 g/mol. The summed E-state index contributed by atoms with van der Waals surface area (Å²) in [7, 11) is 0. The average Bonchev–Trinajstić information content (AvgIpc) is 2.49. The van der Waals surface area contributed by atoms with E-state index in [2.05, 4.69) is 0 Å². The Morgan fingerprint density at radius 3 is 2.12 bits per heavy atom. The molecule has 0 unspecified atom stereocenters. The molecule has 1 N–H and O–H groups in total. The van der Waals surface area contributed by atoms with Gasteiger partial charge < -0.3 is 5.32 Å². The first-order valence-electron chi connectivity index (χ1n) is 6.27. The number of anilines is 2. The second-order valence-corrected chi connectivity index (χ2v) is 4.65. The molecule has 0 aromatic heterocycles. The molecule has 25 heavy (non-hydrogen) atoms. The molecule has 0 aliphatic carbocycles. The molecule has 0 saturated carbocycles. The molecule has 12 heteroatoms. The highest BCUT2D eigenvalue weighted by molar-refractivity contribution is 5.76. The molecule has 2 aromatic carbocycles. The molecule has 0 aliphatic rings. The van der Waals surface area contributed by atoms with Crippen LogP contribution in [0.3, 0.4) is 0 Å². The number of nitrogens with zero attached hydrogens (tertiary/aromatic N) is 2. The Hall–Kier alpha value is -3.31. The molecule has 0 aliphatic heterocycles. The average molecular weight is 363 g/mol. The van der Waals surface area contributed by atoms with Crippen LogP contribution in [-0.2, 0) is 6.18 Å². The molecule has 132 valence electrons. The van der Waals surface area contributed by atoms with E-state index in [1.54, 1.807) is 5.32 Å². The maximum atomic E-state index is 13.6. The van der Waals surface area contributed by atoms with Crippen LogP contribution in [0, 0.1) is 31.9 Å². The molecule has 0 atom stereocenters. The van der Waals surface area contributed by atoms with E-state index in [9.17, 15) is 42.2 Å². The molecule has 2 aromatic rings. The zero-order valence-corrected chi connectivity index (χ0v) is 11.8. The van der Waals surface area contributed by atoms with E-state index in [0.29, 0.717) is 18.2 Å². The second kappa shape index (κ2) is 6.30. The molecule has 0 heterocycles. The Kier molecular flexibility index (Phi) is 4.54. The third kappa shape index (κ3) is 3.79. The van der Waals surface area contributed by atoms with Crippen LogP contribution in [0.4, 0.5) is 44.7 Å². The van der Waals surface area contributed by atoms with E-state index < -0.39 is 56.0 Å². The van der Waals surface area contributed by atoms with E-state index in [4.69, 9.17) is 0 Å². The van der Waals surface area contributed by atoms with Crippen molar-refractivity contribution in [3.8, 4) is 0 Å². The van der Waals surface area contributed by atoms with Gasteiger partial charge in [-0.15, -0.1) is 0 Å². The van der Waals surface area contributed by atoms with Gasteiger partial charge in [-0.05, 0) is 12.1 Å². The number of non-ortho nitro benzene ring substituents is 1. The standard InChI is InChI=1S/C13H6F5N3O4/c14-6-1-2-9(15)10(3-6)19-12-8(13(16,17)18)4-7(20(22)23)5-11(12)21(24)25/h1-5,19H. The Balaban J connectivity index is 2.75. The van der Waals surface area contributed by atoms with Gasteiger partial charge in [0.2, 0.25) is 0 Å². The molecule has 0 amide bonds. The van der Waals surface area contributed by atoms with Crippen molar-refractivity contribution in [1.82, 2.24) is 0 Å². The van der Waals surface area contributed by atoms with Gasteiger partial charge in [-0.3, -0.25) is 20.2 Å². The zero-order valence-electron chi connectivity index (χ0n) is 11.8. The Morgan fingerprint density at radius 1 is 0.960 bits per heavy atom. The summed E-state index contributed by atoms with van der Waals surface area (Å²) >= 11 is 0. The lowest BCUT2D eigenvalue weighted by atomic mass is 10.1. The van der Waals surface area contributed by atoms with Crippen molar-refractivity contribution in [2.24, 2.45) is 0 Å². The van der Waals surface area contributed by atoms with Crippen LogP contribution in [0.25, 0.3) is 0 Å². The van der Waals surface area contributed by atoms with Gasteiger partial charge in [-0.2, -0.15) is 13.2 Å². The number of alkyl halides is 3. The van der Waals surface area contributed by atoms with Crippen molar-refractivity contribution < 1.29 is 31.8 Å². The summed E-state index contributed by atoms with van der Waals surface area (Å²) in [4.78, 5) is 19.2. The molecule has 7 nitrogen and oxygen atoms in total. The first-order chi connectivity index (χ1) is 11.5. The fourth-order valence-electron chi connectivity index (χ4n) is 1.94. The van der Waals surface area contributed by atoms with Crippen LogP contribution in [-0.4, -0.2) is 9.85 Å². The maximum Gasteiger partial charge on any atom is 0.418 e. The monoisotopic (exact) mass is 363 g/mol. The van der Waals surface area contributed by atoms with Crippen LogP contribution < -0.4 is 5.32 Å². The Labute approximate surface area is 135 Å². The van der Waals surface area contributed by atoms with Gasteiger partial charge >= 0.3 is 6.18 Å². The fourth-order valence-corrected chi connectivity index (χ4v) is 1.94. The minimum Gasteiger partial charge on any atom is -0.347 e. The van der Waals surface area contributed by atoms with Gasteiger partial charge in [-0.1, -0.05) is 0 Å². The predicted octanol–water partition coefficient (Wildman–Crippen LogP) is 4.54. The van der Waals surface area contributed by atoms with Crippen LogP contribution in [0.1, 0.15) is 5.56 Å². The molecule has 0 fully saturated rings. The number of rotatable bonds is 4. The highest BCUT2D eigenvalue weighted by Gasteiger charge is 2.39. The topological polar surface area (TPSA) is 98.3 Å². The summed E-state index contributed by atoms with van der Waals surface area (Å²) in [5.74, 6) is -2.19. The number of halogens is 5. The first-order valence-corrected chi connectivity index (χ1v) is 6.27. The van der Waals surface area contributed by atoms with Gasteiger partial charge in [0.15, 0.2) is 0 Å². The highest BCUT2D eigenvalue weighted by atomic mass is 19.4. The minimum atomic E-state index is -5.23. The van der Waals surface area contributed by atoms with Gasteiger partial charge in [0, 0.05) is 12.1 Å². The first kappa shape index (κ1) is 18.0. The third-order valence-corrected chi connectivity index (χ3v) is 3.00. The number of benzene rings is 2. The van der Waals surface area contributed by atoms with Gasteiger partial charge in [0.1, 0.15) is 17.3 Å². The third-order valence-electron chi connectivity index (χ3n) is 3.00. The Morgan fingerprint density at radius 2 is 1.60 bits per heavy atom. The van der Waals surface area contributed by atoms with Crippen LogP contribution in [0.2, 0.25) is 0 Å². The molecular formula is C13H6F5N3O4. The lowest BCUT2D eigenvalue weighted by Crippen LogP contribution is -2.12. The number of nitrogens with one attached hydrogen (secondary N) is 1. The van der Waals surface area contributed by atoms with Crippen molar-refractivity contribution in [3.63, 3.8) is 0 Å². The Bertz CT molecular complexity index is 869. The minimum absolute atomic E-state index is 0.0620. The summed E-state index contributed by atoms with van der Waals surface area (Å²) in [5, 5.41) is 23.5. The summed E-state index contributed by atoms with van der Waals surface area (Å²) < 4.78 is 66.3.